The van der Waals surface area contributed by atoms with Crippen molar-refractivity contribution in [3.05, 3.63) is 35.9 Å². The summed E-state index contributed by atoms with van der Waals surface area (Å²) in [4.78, 5) is -0.407. The molecule has 136 valence electrons. The molecule has 0 saturated carbocycles. The Morgan fingerprint density at radius 2 is 2.00 bits per heavy atom. The summed E-state index contributed by atoms with van der Waals surface area (Å²) in [6, 6.07) is 4.03. The molecule has 0 spiro atoms. The number of hydrogen-bond donors (Lipinski definition) is 1. The third-order valence-electron chi connectivity index (χ3n) is 4.40. The third kappa shape index (κ3) is 3.34. The number of sulfonamides is 1. The zero-order valence-corrected chi connectivity index (χ0v) is 14.8. The van der Waals surface area contributed by atoms with Crippen LogP contribution in [0, 0.1) is 5.82 Å². The molecule has 1 aromatic heterocycles. The molecular weight excluding hydrogens is 349 g/mol. The fourth-order valence-electron chi connectivity index (χ4n) is 3.08. The van der Waals surface area contributed by atoms with Crippen LogP contribution >= 0.6 is 0 Å². The van der Waals surface area contributed by atoms with Crippen molar-refractivity contribution in [1.29, 1.82) is 0 Å². The Kier molecular flexibility index (Phi) is 4.96. The van der Waals surface area contributed by atoms with Gasteiger partial charge in [-0.2, -0.15) is 9.40 Å². The number of nitrogens with one attached hydrogen (secondary N) is 1. The summed E-state index contributed by atoms with van der Waals surface area (Å²) in [6.45, 7) is 0.624. The van der Waals surface area contributed by atoms with Crippen LogP contribution in [0.1, 0.15) is 24.5 Å². The summed E-state index contributed by atoms with van der Waals surface area (Å²) >= 11 is 0. The molecule has 1 saturated heterocycles. The highest BCUT2D eigenvalue weighted by molar-refractivity contribution is 7.89. The van der Waals surface area contributed by atoms with Gasteiger partial charge < -0.3 is 9.47 Å². The standard InChI is InChI=1S/C16H20FN3O4S/c1-23-14-8-12(17)16(9-15(14)24-2)25(21,22)20-7-3-4-11(10-20)13-5-6-18-19-13/h5-6,8-9,11H,3-4,7,10H2,1-2H3,(H,18,19). The molecule has 1 aliphatic heterocycles. The van der Waals surface area contributed by atoms with Crippen molar-refractivity contribution in [3.8, 4) is 11.5 Å². The lowest BCUT2D eigenvalue weighted by Crippen LogP contribution is -2.39. The van der Waals surface area contributed by atoms with Crippen LogP contribution in [0.5, 0.6) is 11.5 Å². The Morgan fingerprint density at radius 1 is 1.28 bits per heavy atom. The number of aromatic amines is 1. The van der Waals surface area contributed by atoms with E-state index in [-0.39, 0.29) is 24.0 Å². The number of nitrogens with zero attached hydrogens (tertiary/aromatic N) is 2. The molecule has 1 aromatic carbocycles. The van der Waals surface area contributed by atoms with E-state index in [9.17, 15) is 12.8 Å². The van der Waals surface area contributed by atoms with Crippen molar-refractivity contribution in [2.24, 2.45) is 0 Å². The van der Waals surface area contributed by atoms with Gasteiger partial charge in [0.15, 0.2) is 11.5 Å². The summed E-state index contributed by atoms with van der Waals surface area (Å²) in [5, 5.41) is 6.80. The maximum Gasteiger partial charge on any atom is 0.246 e. The van der Waals surface area contributed by atoms with E-state index in [0.29, 0.717) is 13.0 Å². The van der Waals surface area contributed by atoms with Gasteiger partial charge in [-0.25, -0.2) is 12.8 Å². The topological polar surface area (TPSA) is 84.5 Å². The van der Waals surface area contributed by atoms with E-state index in [1.165, 1.54) is 24.6 Å². The van der Waals surface area contributed by atoms with Gasteiger partial charge in [0.05, 0.1) is 14.2 Å². The molecule has 7 nitrogen and oxygen atoms in total. The summed E-state index contributed by atoms with van der Waals surface area (Å²) in [7, 11) is -1.24. The molecule has 9 heteroatoms. The molecule has 25 heavy (non-hydrogen) atoms. The van der Waals surface area contributed by atoms with Crippen LogP contribution in [-0.4, -0.2) is 50.2 Å². The number of ether oxygens (including phenoxy) is 2. The zero-order chi connectivity index (χ0) is 18.0. The maximum absolute atomic E-state index is 14.4. The van der Waals surface area contributed by atoms with E-state index in [4.69, 9.17) is 9.47 Å². The SMILES string of the molecule is COc1cc(F)c(S(=O)(=O)N2CCCC(c3ccn[nH]3)C2)cc1OC. The van der Waals surface area contributed by atoms with Gasteiger partial charge in [-0.3, -0.25) is 5.10 Å². The second-order valence-corrected chi connectivity index (χ2v) is 7.76. The first kappa shape index (κ1) is 17.7. The van der Waals surface area contributed by atoms with Gasteiger partial charge in [0.2, 0.25) is 10.0 Å². The first-order valence-corrected chi connectivity index (χ1v) is 9.32. The predicted octanol–water partition coefficient (Wildman–Crippen LogP) is 2.13. The fraction of sp³-hybridized carbons (Fsp3) is 0.438. The smallest absolute Gasteiger partial charge is 0.246 e. The zero-order valence-electron chi connectivity index (χ0n) is 14.0. The van der Waals surface area contributed by atoms with Gasteiger partial charge in [0.25, 0.3) is 0 Å². The van der Waals surface area contributed by atoms with Crippen LogP contribution in [0.25, 0.3) is 0 Å². The lowest BCUT2D eigenvalue weighted by Gasteiger charge is -2.31. The number of hydrogen-bond acceptors (Lipinski definition) is 5. The second-order valence-electron chi connectivity index (χ2n) is 5.85. The largest absolute Gasteiger partial charge is 0.493 e. The molecule has 1 aliphatic rings. The molecule has 1 atom stereocenters. The van der Waals surface area contributed by atoms with Crippen LogP contribution in [0.15, 0.2) is 29.3 Å². The van der Waals surface area contributed by atoms with Gasteiger partial charge in [-0.1, -0.05) is 0 Å². The fourth-order valence-corrected chi connectivity index (χ4v) is 4.67. The van der Waals surface area contributed by atoms with Gasteiger partial charge >= 0.3 is 0 Å². The number of aromatic nitrogens is 2. The number of rotatable bonds is 5. The third-order valence-corrected chi connectivity index (χ3v) is 6.28. The van der Waals surface area contributed by atoms with Crippen LogP contribution in [0.3, 0.4) is 0 Å². The Labute approximate surface area is 145 Å². The summed E-state index contributed by atoms with van der Waals surface area (Å²) in [6.07, 6.45) is 3.18. The van der Waals surface area contributed by atoms with Gasteiger partial charge in [-0.05, 0) is 18.9 Å². The van der Waals surface area contributed by atoms with Gasteiger partial charge in [0, 0.05) is 43.0 Å². The first-order valence-electron chi connectivity index (χ1n) is 7.88. The average Bonchev–Trinajstić information content (AvgIpc) is 3.16. The number of halogens is 1. The predicted molar refractivity (Wildman–Crippen MR) is 88.8 cm³/mol. The molecule has 1 unspecified atom stereocenters. The van der Waals surface area contributed by atoms with E-state index in [0.717, 1.165) is 18.2 Å². The molecule has 1 fully saturated rings. The highest BCUT2D eigenvalue weighted by Gasteiger charge is 2.34. The van der Waals surface area contributed by atoms with Crippen LogP contribution in [0.2, 0.25) is 0 Å². The van der Waals surface area contributed by atoms with Gasteiger partial charge in [-0.15, -0.1) is 0 Å². The Morgan fingerprint density at radius 3 is 2.64 bits per heavy atom. The number of H-pyrrole nitrogens is 1. The minimum absolute atomic E-state index is 0.00855. The second kappa shape index (κ2) is 7.01. The number of methoxy groups -OCH3 is 2. The highest BCUT2D eigenvalue weighted by Crippen LogP contribution is 2.35. The molecule has 2 aromatic rings. The summed E-state index contributed by atoms with van der Waals surface area (Å²) < 4.78 is 51.8. The summed E-state index contributed by atoms with van der Waals surface area (Å²) in [5.74, 6) is -0.534. The minimum atomic E-state index is -3.99. The Balaban J connectivity index is 1.93. The summed E-state index contributed by atoms with van der Waals surface area (Å²) in [5.41, 5.74) is 0.882. The van der Waals surface area contributed by atoms with E-state index < -0.39 is 20.7 Å². The lowest BCUT2D eigenvalue weighted by atomic mass is 9.96. The molecular formula is C16H20FN3O4S. The molecule has 0 bridgehead atoms. The molecule has 0 radical (unpaired) electrons. The molecule has 1 N–H and O–H groups in total. The first-order chi connectivity index (χ1) is 12.0. The quantitative estimate of drug-likeness (QED) is 0.873. The van der Waals surface area contributed by atoms with E-state index >= 15 is 0 Å². The highest BCUT2D eigenvalue weighted by atomic mass is 32.2. The van der Waals surface area contributed by atoms with Crippen LogP contribution in [0.4, 0.5) is 4.39 Å². The molecule has 0 amide bonds. The van der Waals surface area contributed by atoms with Crippen molar-refractivity contribution in [2.45, 2.75) is 23.7 Å². The average molecular weight is 369 g/mol. The van der Waals surface area contributed by atoms with Crippen molar-refractivity contribution in [1.82, 2.24) is 14.5 Å². The Hall–Kier alpha value is -2.13. The van der Waals surface area contributed by atoms with E-state index in [1.54, 1.807) is 6.20 Å². The van der Waals surface area contributed by atoms with Crippen molar-refractivity contribution >= 4 is 10.0 Å². The van der Waals surface area contributed by atoms with Crippen molar-refractivity contribution in [2.75, 3.05) is 27.3 Å². The van der Waals surface area contributed by atoms with Crippen LogP contribution < -0.4 is 9.47 Å². The van der Waals surface area contributed by atoms with Crippen LogP contribution in [-0.2, 0) is 10.0 Å². The van der Waals surface area contributed by atoms with E-state index in [1.807, 2.05) is 6.07 Å². The van der Waals surface area contributed by atoms with Crippen molar-refractivity contribution < 1.29 is 22.3 Å². The van der Waals surface area contributed by atoms with Gasteiger partial charge in [0.1, 0.15) is 10.7 Å². The monoisotopic (exact) mass is 369 g/mol. The molecule has 0 aliphatic carbocycles. The minimum Gasteiger partial charge on any atom is -0.493 e. The molecule has 3 rings (SSSR count). The molecule has 2 heterocycles. The maximum atomic E-state index is 14.4. The Bertz CT molecular complexity index is 839. The number of benzene rings is 1. The lowest BCUT2D eigenvalue weighted by molar-refractivity contribution is 0.310. The normalized spacial score (nSPS) is 18.9. The number of piperidine rings is 1. The van der Waals surface area contributed by atoms with E-state index in [2.05, 4.69) is 10.2 Å². The van der Waals surface area contributed by atoms with Crippen molar-refractivity contribution in [3.63, 3.8) is 0 Å².